The first kappa shape index (κ1) is 14.0. The smallest absolute Gasteiger partial charge is 0.335 e. The van der Waals surface area contributed by atoms with Crippen molar-refractivity contribution in [3.8, 4) is 5.75 Å². The highest BCUT2D eigenvalue weighted by Crippen LogP contribution is 2.25. The van der Waals surface area contributed by atoms with Gasteiger partial charge in [-0.15, -0.1) is 0 Å². The van der Waals surface area contributed by atoms with E-state index in [0.29, 0.717) is 10.2 Å². The molecule has 1 aromatic carbocycles. The summed E-state index contributed by atoms with van der Waals surface area (Å²) in [6.45, 7) is 0. The fourth-order valence-electron chi connectivity index (χ4n) is 1.51. The molecule has 2 rings (SSSR count). The Morgan fingerprint density at radius 1 is 1.15 bits per heavy atom. The Balaban J connectivity index is 2.27. The van der Waals surface area contributed by atoms with Gasteiger partial charge in [0.2, 0.25) is 0 Å². The van der Waals surface area contributed by atoms with Crippen LogP contribution >= 0.6 is 15.9 Å². The largest absolute Gasteiger partial charge is 0.506 e. The molecule has 3 N–H and O–H groups in total. The maximum atomic E-state index is 12.0. The first-order chi connectivity index (χ1) is 9.47. The van der Waals surface area contributed by atoms with Gasteiger partial charge < -0.3 is 15.5 Å². The number of anilines is 1. The number of aromatic nitrogens is 1. The zero-order chi connectivity index (χ0) is 14.7. The minimum atomic E-state index is -1.15. The molecule has 0 unspecified atom stereocenters. The third-order valence-electron chi connectivity index (χ3n) is 2.48. The summed E-state index contributed by atoms with van der Waals surface area (Å²) in [4.78, 5) is 26.7. The minimum Gasteiger partial charge on any atom is -0.506 e. The van der Waals surface area contributed by atoms with Crippen LogP contribution in [0.4, 0.5) is 5.69 Å². The van der Waals surface area contributed by atoms with Crippen LogP contribution in [0.2, 0.25) is 0 Å². The van der Waals surface area contributed by atoms with E-state index in [2.05, 4.69) is 26.2 Å². The van der Waals surface area contributed by atoms with E-state index in [-0.39, 0.29) is 17.0 Å². The summed E-state index contributed by atoms with van der Waals surface area (Å²) in [6.07, 6.45) is 1.45. The van der Waals surface area contributed by atoms with Crippen molar-refractivity contribution in [2.24, 2.45) is 0 Å². The number of amides is 1. The van der Waals surface area contributed by atoms with Crippen LogP contribution in [0.3, 0.4) is 0 Å². The molecule has 1 amide bonds. The van der Waals surface area contributed by atoms with E-state index < -0.39 is 11.9 Å². The highest BCUT2D eigenvalue weighted by Gasteiger charge is 2.12. The van der Waals surface area contributed by atoms with E-state index in [9.17, 15) is 14.7 Å². The highest BCUT2D eigenvalue weighted by atomic mass is 79.9. The minimum absolute atomic E-state index is 0.0304. The fraction of sp³-hybridized carbons (Fsp3) is 0. The van der Waals surface area contributed by atoms with Crippen molar-refractivity contribution in [2.45, 2.75) is 0 Å². The Hall–Kier alpha value is -2.41. The Kier molecular flexibility index (Phi) is 3.99. The van der Waals surface area contributed by atoms with Gasteiger partial charge in [0.1, 0.15) is 10.4 Å². The molecule has 6 nitrogen and oxygen atoms in total. The molecule has 1 heterocycles. The standard InChI is InChI=1S/C13H9BrN2O4/c14-11-6-7(3-4-15-11)12(18)16-9-5-8(13(19)20)1-2-10(9)17/h1-6,17H,(H,16,18)(H,19,20). The highest BCUT2D eigenvalue weighted by molar-refractivity contribution is 9.10. The number of carboxylic acid groups (broad SMARTS) is 1. The SMILES string of the molecule is O=C(O)c1ccc(O)c(NC(=O)c2ccnc(Br)c2)c1. The quantitative estimate of drug-likeness (QED) is 0.590. The molecule has 0 aliphatic rings. The van der Waals surface area contributed by atoms with Crippen LogP contribution in [-0.2, 0) is 0 Å². The van der Waals surface area contributed by atoms with Crippen LogP contribution in [0.15, 0.2) is 41.1 Å². The maximum absolute atomic E-state index is 12.0. The second-order valence-corrected chi connectivity index (χ2v) is 4.67. The topological polar surface area (TPSA) is 99.5 Å². The van der Waals surface area contributed by atoms with Gasteiger partial charge in [-0.2, -0.15) is 0 Å². The summed E-state index contributed by atoms with van der Waals surface area (Å²) in [5.41, 5.74) is 0.323. The lowest BCUT2D eigenvalue weighted by molar-refractivity contribution is 0.0696. The predicted octanol–water partition coefficient (Wildman–Crippen LogP) is 2.50. The first-order valence-electron chi connectivity index (χ1n) is 5.46. The molecule has 0 atom stereocenters. The van der Waals surface area contributed by atoms with Crippen LogP contribution < -0.4 is 5.32 Å². The van der Waals surface area contributed by atoms with Crippen molar-refractivity contribution in [3.05, 3.63) is 52.3 Å². The molecule has 7 heteroatoms. The van der Waals surface area contributed by atoms with Gasteiger partial charge in [0.05, 0.1) is 11.3 Å². The van der Waals surface area contributed by atoms with Crippen LogP contribution in [-0.4, -0.2) is 27.1 Å². The lowest BCUT2D eigenvalue weighted by atomic mass is 10.1. The van der Waals surface area contributed by atoms with E-state index in [4.69, 9.17) is 5.11 Å². The summed E-state index contributed by atoms with van der Waals surface area (Å²) in [5, 5.41) is 21.0. The number of rotatable bonds is 3. The third kappa shape index (κ3) is 3.12. The van der Waals surface area contributed by atoms with Gasteiger partial charge in [0, 0.05) is 11.8 Å². The average Bonchev–Trinajstić information content (AvgIpc) is 2.41. The molecule has 0 radical (unpaired) electrons. The summed E-state index contributed by atoms with van der Waals surface area (Å²) in [7, 11) is 0. The average molecular weight is 337 g/mol. The van der Waals surface area contributed by atoms with Crippen LogP contribution in [0.1, 0.15) is 20.7 Å². The van der Waals surface area contributed by atoms with Crippen LogP contribution in [0, 0.1) is 0 Å². The van der Waals surface area contributed by atoms with E-state index in [0.717, 1.165) is 0 Å². The van der Waals surface area contributed by atoms with Crippen molar-refractivity contribution in [1.82, 2.24) is 4.98 Å². The van der Waals surface area contributed by atoms with Gasteiger partial charge in [-0.25, -0.2) is 9.78 Å². The van der Waals surface area contributed by atoms with Gasteiger partial charge in [0.15, 0.2) is 0 Å². The van der Waals surface area contributed by atoms with E-state index >= 15 is 0 Å². The Labute approximate surface area is 122 Å². The predicted molar refractivity (Wildman–Crippen MR) is 75.0 cm³/mol. The lowest BCUT2D eigenvalue weighted by Gasteiger charge is -2.08. The van der Waals surface area contributed by atoms with Crippen LogP contribution in [0.25, 0.3) is 0 Å². The second-order valence-electron chi connectivity index (χ2n) is 3.86. The monoisotopic (exact) mass is 336 g/mol. The number of carbonyl (C=O) groups excluding carboxylic acids is 1. The summed E-state index contributed by atoms with van der Waals surface area (Å²) < 4.78 is 0.494. The summed E-state index contributed by atoms with van der Waals surface area (Å²) in [5.74, 6) is -1.84. The van der Waals surface area contributed by atoms with Crippen molar-refractivity contribution < 1.29 is 19.8 Å². The molecule has 20 heavy (non-hydrogen) atoms. The normalized spacial score (nSPS) is 10.1. The van der Waals surface area contributed by atoms with Gasteiger partial charge in [-0.1, -0.05) is 0 Å². The molecule has 0 aliphatic heterocycles. The number of nitrogens with zero attached hydrogens (tertiary/aromatic N) is 1. The Morgan fingerprint density at radius 2 is 1.90 bits per heavy atom. The molecule has 102 valence electrons. The number of nitrogens with one attached hydrogen (secondary N) is 1. The number of aromatic carboxylic acids is 1. The number of carbonyl (C=O) groups is 2. The number of halogens is 1. The first-order valence-corrected chi connectivity index (χ1v) is 6.26. The van der Waals surface area contributed by atoms with Gasteiger partial charge in [-0.3, -0.25) is 4.79 Å². The number of benzene rings is 1. The zero-order valence-electron chi connectivity index (χ0n) is 10.0. The van der Waals surface area contributed by atoms with E-state index in [1.807, 2.05) is 0 Å². The van der Waals surface area contributed by atoms with Crippen molar-refractivity contribution in [3.63, 3.8) is 0 Å². The Morgan fingerprint density at radius 3 is 2.55 bits per heavy atom. The molecular formula is C13H9BrN2O4. The number of hydrogen-bond donors (Lipinski definition) is 3. The number of aromatic hydroxyl groups is 1. The number of carboxylic acids is 1. The molecule has 0 spiro atoms. The summed E-state index contributed by atoms with van der Waals surface area (Å²) >= 11 is 3.14. The van der Waals surface area contributed by atoms with Gasteiger partial charge >= 0.3 is 5.97 Å². The zero-order valence-corrected chi connectivity index (χ0v) is 11.6. The number of phenols is 1. The number of hydrogen-bond acceptors (Lipinski definition) is 4. The van der Waals surface area contributed by atoms with Crippen molar-refractivity contribution >= 4 is 33.5 Å². The fourth-order valence-corrected chi connectivity index (χ4v) is 1.87. The van der Waals surface area contributed by atoms with E-state index in [1.165, 1.54) is 36.5 Å². The van der Waals surface area contributed by atoms with Gasteiger partial charge in [0.25, 0.3) is 5.91 Å². The molecule has 0 bridgehead atoms. The summed E-state index contributed by atoms with van der Waals surface area (Å²) in [6, 6.07) is 6.65. The molecular weight excluding hydrogens is 328 g/mol. The third-order valence-corrected chi connectivity index (χ3v) is 2.91. The molecule has 0 saturated heterocycles. The second kappa shape index (κ2) is 5.70. The lowest BCUT2D eigenvalue weighted by Crippen LogP contribution is -2.12. The van der Waals surface area contributed by atoms with Crippen molar-refractivity contribution in [1.29, 1.82) is 0 Å². The molecule has 2 aromatic rings. The number of pyridine rings is 1. The van der Waals surface area contributed by atoms with Crippen LogP contribution in [0.5, 0.6) is 5.75 Å². The molecule has 0 saturated carbocycles. The molecule has 1 aromatic heterocycles. The maximum Gasteiger partial charge on any atom is 0.335 e. The van der Waals surface area contributed by atoms with Gasteiger partial charge in [-0.05, 0) is 46.3 Å². The van der Waals surface area contributed by atoms with Crippen molar-refractivity contribution in [2.75, 3.05) is 5.32 Å². The molecule has 0 aliphatic carbocycles. The molecule has 0 fully saturated rings. The number of phenolic OH excluding ortho intramolecular Hbond substituents is 1. The van der Waals surface area contributed by atoms with E-state index in [1.54, 1.807) is 0 Å². The Bertz CT molecular complexity index is 688.